The fourth-order valence-corrected chi connectivity index (χ4v) is 2.44. The molecule has 1 unspecified atom stereocenters. The molecular weight excluding hydrogens is 353 g/mol. The van der Waals surface area contributed by atoms with Gasteiger partial charge in [-0.2, -0.15) is 5.26 Å². The molecule has 2 N–H and O–H groups in total. The van der Waals surface area contributed by atoms with Gasteiger partial charge in [0.1, 0.15) is 11.5 Å². The summed E-state index contributed by atoms with van der Waals surface area (Å²) in [6.07, 6.45) is 0.581. The first-order chi connectivity index (χ1) is 9.10. The van der Waals surface area contributed by atoms with Gasteiger partial charge in [-0.1, -0.05) is 18.2 Å². The van der Waals surface area contributed by atoms with Crippen LogP contribution < -0.4 is 0 Å². The summed E-state index contributed by atoms with van der Waals surface area (Å²) in [5.74, 6) is 0.183. The van der Waals surface area contributed by atoms with Crippen molar-refractivity contribution in [3.63, 3.8) is 0 Å². The summed E-state index contributed by atoms with van der Waals surface area (Å²) in [4.78, 5) is 0. The number of hydrogen-bond acceptors (Lipinski definition) is 3. The Morgan fingerprint density at radius 3 is 2.37 bits per heavy atom. The zero-order valence-electron chi connectivity index (χ0n) is 10.0. The lowest BCUT2D eigenvalue weighted by Crippen LogP contribution is -2.00. The van der Waals surface area contributed by atoms with Gasteiger partial charge in [0.05, 0.1) is 15.6 Å². The van der Waals surface area contributed by atoms with Crippen LogP contribution >= 0.6 is 22.6 Å². The fraction of sp³-hybridized carbons (Fsp3) is 0.133. The smallest absolute Gasteiger partial charge is 0.128 e. The molecule has 0 saturated heterocycles. The van der Waals surface area contributed by atoms with Crippen LogP contribution in [-0.4, -0.2) is 10.2 Å². The molecule has 0 aliphatic rings. The van der Waals surface area contributed by atoms with Crippen LogP contribution in [0, 0.1) is 14.9 Å². The molecule has 0 saturated carbocycles. The van der Waals surface area contributed by atoms with Gasteiger partial charge in [-0.05, 0) is 64.4 Å². The number of halogens is 1. The molecular formula is C15H12INO2. The summed E-state index contributed by atoms with van der Waals surface area (Å²) in [5, 5.41) is 28.0. The summed E-state index contributed by atoms with van der Waals surface area (Å²) >= 11 is 2.06. The highest BCUT2D eigenvalue weighted by Gasteiger charge is 2.12. The van der Waals surface area contributed by atoms with Crippen LogP contribution in [0.2, 0.25) is 0 Å². The Morgan fingerprint density at radius 2 is 1.79 bits per heavy atom. The highest BCUT2D eigenvalue weighted by Crippen LogP contribution is 2.26. The van der Waals surface area contributed by atoms with Crippen molar-refractivity contribution in [2.75, 3.05) is 0 Å². The number of benzene rings is 2. The first-order valence-electron chi connectivity index (χ1n) is 5.76. The summed E-state index contributed by atoms with van der Waals surface area (Å²) in [6.45, 7) is 0. The zero-order valence-corrected chi connectivity index (χ0v) is 12.2. The molecule has 19 heavy (non-hydrogen) atoms. The van der Waals surface area contributed by atoms with Crippen molar-refractivity contribution in [1.29, 1.82) is 5.26 Å². The van der Waals surface area contributed by atoms with E-state index in [4.69, 9.17) is 0 Å². The Balaban J connectivity index is 2.22. The van der Waals surface area contributed by atoms with Gasteiger partial charge in [-0.3, -0.25) is 0 Å². The summed E-state index contributed by atoms with van der Waals surface area (Å²) in [6, 6.07) is 14.3. The molecule has 0 heterocycles. The molecule has 0 fully saturated rings. The topological polar surface area (TPSA) is 64.2 Å². The number of rotatable bonds is 3. The maximum atomic E-state index is 9.48. The van der Waals surface area contributed by atoms with E-state index < -0.39 is 0 Å². The Bertz CT molecular complexity index is 617. The molecule has 2 rings (SSSR count). The standard InChI is InChI=1S/C15H12INO2/c16-14-8-10(1-6-15(14)19)7-12(9-17)11-2-4-13(18)5-3-11/h1-6,8,12,18-19H,7H2. The van der Waals surface area contributed by atoms with E-state index in [1.807, 2.05) is 12.1 Å². The second-order valence-electron chi connectivity index (χ2n) is 4.26. The summed E-state index contributed by atoms with van der Waals surface area (Å²) < 4.78 is 0.775. The van der Waals surface area contributed by atoms with Crippen molar-refractivity contribution < 1.29 is 10.2 Å². The van der Waals surface area contributed by atoms with Gasteiger partial charge >= 0.3 is 0 Å². The normalized spacial score (nSPS) is 11.8. The van der Waals surface area contributed by atoms with Crippen LogP contribution in [0.3, 0.4) is 0 Å². The van der Waals surface area contributed by atoms with Gasteiger partial charge in [0.15, 0.2) is 0 Å². The van der Waals surface area contributed by atoms with Gasteiger partial charge in [-0.15, -0.1) is 0 Å². The van der Waals surface area contributed by atoms with E-state index in [-0.39, 0.29) is 17.4 Å². The third kappa shape index (κ3) is 3.38. The van der Waals surface area contributed by atoms with E-state index in [1.54, 1.807) is 30.3 Å². The van der Waals surface area contributed by atoms with Gasteiger partial charge in [0.25, 0.3) is 0 Å². The van der Waals surface area contributed by atoms with E-state index >= 15 is 0 Å². The van der Waals surface area contributed by atoms with Crippen molar-refractivity contribution in [3.8, 4) is 17.6 Å². The lowest BCUT2D eigenvalue weighted by Gasteiger charge is -2.10. The molecule has 2 aromatic rings. The molecule has 0 spiro atoms. The second kappa shape index (κ2) is 5.93. The highest BCUT2D eigenvalue weighted by molar-refractivity contribution is 14.1. The molecule has 2 aromatic carbocycles. The molecule has 0 radical (unpaired) electrons. The number of phenols is 2. The van der Waals surface area contributed by atoms with Crippen LogP contribution in [0.25, 0.3) is 0 Å². The predicted molar refractivity (Wildman–Crippen MR) is 81.0 cm³/mol. The molecule has 0 bridgehead atoms. The van der Waals surface area contributed by atoms with Crippen LogP contribution in [0.4, 0.5) is 0 Å². The molecule has 3 nitrogen and oxygen atoms in total. The Hall–Kier alpha value is -1.74. The molecule has 96 valence electrons. The van der Waals surface area contributed by atoms with Crippen molar-refractivity contribution >= 4 is 22.6 Å². The Morgan fingerprint density at radius 1 is 1.11 bits per heavy atom. The molecule has 0 aliphatic carbocycles. The molecule has 0 aromatic heterocycles. The highest BCUT2D eigenvalue weighted by atomic mass is 127. The minimum atomic E-state index is -0.263. The monoisotopic (exact) mass is 365 g/mol. The molecule has 4 heteroatoms. The van der Waals surface area contributed by atoms with Gasteiger partial charge in [-0.25, -0.2) is 0 Å². The van der Waals surface area contributed by atoms with E-state index in [0.717, 1.165) is 14.7 Å². The summed E-state index contributed by atoms with van der Waals surface area (Å²) in [7, 11) is 0. The SMILES string of the molecule is N#CC(Cc1ccc(O)c(I)c1)c1ccc(O)cc1. The minimum absolute atomic E-state index is 0.194. The molecule has 0 amide bonds. The van der Waals surface area contributed by atoms with Gasteiger partial charge in [0, 0.05) is 0 Å². The quantitative estimate of drug-likeness (QED) is 0.818. The molecule has 0 aliphatic heterocycles. The predicted octanol–water partition coefficient (Wildman–Crippen LogP) is 3.55. The third-order valence-electron chi connectivity index (χ3n) is 2.90. The van der Waals surface area contributed by atoms with Gasteiger partial charge < -0.3 is 10.2 Å². The second-order valence-corrected chi connectivity index (χ2v) is 5.43. The maximum Gasteiger partial charge on any atom is 0.128 e. The van der Waals surface area contributed by atoms with Gasteiger partial charge in [0.2, 0.25) is 0 Å². The van der Waals surface area contributed by atoms with Crippen LogP contribution in [0.15, 0.2) is 42.5 Å². The average molecular weight is 365 g/mol. The number of aromatic hydroxyl groups is 2. The van der Waals surface area contributed by atoms with Crippen molar-refractivity contribution in [2.24, 2.45) is 0 Å². The minimum Gasteiger partial charge on any atom is -0.508 e. The van der Waals surface area contributed by atoms with Crippen LogP contribution in [0.1, 0.15) is 17.0 Å². The third-order valence-corrected chi connectivity index (χ3v) is 3.77. The fourth-order valence-electron chi connectivity index (χ4n) is 1.86. The Kier molecular flexibility index (Phi) is 4.27. The first kappa shape index (κ1) is 13.7. The number of nitrogens with zero attached hydrogens (tertiary/aromatic N) is 1. The van der Waals surface area contributed by atoms with E-state index in [9.17, 15) is 15.5 Å². The number of nitriles is 1. The van der Waals surface area contributed by atoms with Crippen LogP contribution in [-0.2, 0) is 6.42 Å². The molecule has 1 atom stereocenters. The number of phenolic OH excluding ortho intramolecular Hbond substituents is 2. The van der Waals surface area contributed by atoms with Crippen molar-refractivity contribution in [1.82, 2.24) is 0 Å². The maximum absolute atomic E-state index is 9.48. The largest absolute Gasteiger partial charge is 0.508 e. The van der Waals surface area contributed by atoms with Crippen molar-refractivity contribution in [3.05, 3.63) is 57.2 Å². The average Bonchev–Trinajstić information content (AvgIpc) is 2.41. The van der Waals surface area contributed by atoms with E-state index in [0.29, 0.717) is 6.42 Å². The summed E-state index contributed by atoms with van der Waals surface area (Å²) in [5.41, 5.74) is 1.88. The van der Waals surface area contributed by atoms with E-state index in [2.05, 4.69) is 28.7 Å². The lowest BCUT2D eigenvalue weighted by molar-refractivity contribution is 0.471. The Labute approximate surface area is 125 Å². The first-order valence-corrected chi connectivity index (χ1v) is 6.84. The van der Waals surface area contributed by atoms with Crippen molar-refractivity contribution in [2.45, 2.75) is 12.3 Å². The van der Waals surface area contributed by atoms with E-state index in [1.165, 1.54) is 0 Å². The zero-order chi connectivity index (χ0) is 13.8. The van der Waals surface area contributed by atoms with Crippen LogP contribution in [0.5, 0.6) is 11.5 Å². The lowest BCUT2D eigenvalue weighted by atomic mass is 9.93. The number of hydrogen-bond donors (Lipinski definition) is 2.